The van der Waals surface area contributed by atoms with Gasteiger partial charge in [0.25, 0.3) is 5.91 Å². The fourth-order valence-electron chi connectivity index (χ4n) is 2.01. The third-order valence-electron chi connectivity index (χ3n) is 3.13. The summed E-state index contributed by atoms with van der Waals surface area (Å²) >= 11 is 0. The van der Waals surface area contributed by atoms with Gasteiger partial charge >= 0.3 is 5.97 Å². The van der Waals surface area contributed by atoms with E-state index in [1.807, 2.05) is 0 Å². The van der Waals surface area contributed by atoms with Crippen molar-refractivity contribution in [2.75, 3.05) is 5.32 Å². The van der Waals surface area contributed by atoms with Gasteiger partial charge in [0, 0.05) is 5.56 Å². The van der Waals surface area contributed by atoms with Crippen molar-refractivity contribution in [3.63, 3.8) is 0 Å². The van der Waals surface area contributed by atoms with Crippen molar-refractivity contribution >= 4 is 17.6 Å². The van der Waals surface area contributed by atoms with E-state index >= 15 is 0 Å². The highest BCUT2D eigenvalue weighted by molar-refractivity contribution is 6.08. The van der Waals surface area contributed by atoms with Crippen molar-refractivity contribution in [3.05, 3.63) is 64.7 Å². The van der Waals surface area contributed by atoms with E-state index in [1.165, 1.54) is 0 Å². The molecule has 0 spiro atoms. The molecule has 0 saturated carbocycles. The summed E-state index contributed by atoms with van der Waals surface area (Å²) in [7, 11) is 0. The monoisotopic (exact) mass is 285 g/mol. The number of carbonyl (C=O) groups excluding carboxylic acids is 1. The van der Waals surface area contributed by atoms with Crippen molar-refractivity contribution in [2.45, 2.75) is 13.5 Å². The summed E-state index contributed by atoms with van der Waals surface area (Å²) in [6.45, 7) is 1.58. The van der Waals surface area contributed by atoms with Gasteiger partial charge < -0.3 is 15.5 Å². The van der Waals surface area contributed by atoms with Crippen LogP contribution in [0.2, 0.25) is 0 Å². The second kappa shape index (κ2) is 6.19. The molecule has 0 bridgehead atoms. The fourth-order valence-corrected chi connectivity index (χ4v) is 2.01. The standard InChI is InChI=1S/C16H15NO4/c1-10-3-2-4-13(14(10)16(20)21)17-15(19)12-7-5-11(9-18)6-8-12/h2-8,18H,9H2,1H3,(H,17,19)(H,20,21). The Morgan fingerprint density at radius 2 is 1.76 bits per heavy atom. The first-order valence-electron chi connectivity index (χ1n) is 6.37. The molecule has 2 aromatic rings. The van der Waals surface area contributed by atoms with Crippen LogP contribution in [0.5, 0.6) is 0 Å². The molecule has 3 N–H and O–H groups in total. The number of amides is 1. The molecule has 1 amide bonds. The second-order valence-electron chi connectivity index (χ2n) is 4.61. The molecule has 0 aliphatic carbocycles. The number of hydrogen-bond acceptors (Lipinski definition) is 3. The Kier molecular flexibility index (Phi) is 4.35. The van der Waals surface area contributed by atoms with Crippen LogP contribution < -0.4 is 5.32 Å². The van der Waals surface area contributed by atoms with Crippen LogP contribution in [0.3, 0.4) is 0 Å². The summed E-state index contributed by atoms with van der Waals surface area (Å²) < 4.78 is 0. The molecule has 0 fully saturated rings. The predicted molar refractivity (Wildman–Crippen MR) is 78.5 cm³/mol. The van der Waals surface area contributed by atoms with Gasteiger partial charge in [0.05, 0.1) is 17.9 Å². The Balaban J connectivity index is 2.27. The molecular weight excluding hydrogens is 270 g/mol. The minimum atomic E-state index is -1.08. The van der Waals surface area contributed by atoms with Crippen molar-refractivity contribution in [1.82, 2.24) is 0 Å². The van der Waals surface area contributed by atoms with Crippen molar-refractivity contribution in [1.29, 1.82) is 0 Å². The molecule has 0 unspecified atom stereocenters. The number of rotatable bonds is 4. The summed E-state index contributed by atoms with van der Waals surface area (Å²) in [5.41, 5.74) is 2.02. The van der Waals surface area contributed by atoms with E-state index in [1.54, 1.807) is 49.4 Å². The van der Waals surface area contributed by atoms with Crippen LogP contribution in [-0.4, -0.2) is 22.1 Å². The van der Waals surface area contributed by atoms with Crippen LogP contribution in [0.25, 0.3) is 0 Å². The van der Waals surface area contributed by atoms with Gasteiger partial charge in [-0.3, -0.25) is 4.79 Å². The number of nitrogens with one attached hydrogen (secondary N) is 1. The third kappa shape index (κ3) is 3.27. The first-order valence-corrected chi connectivity index (χ1v) is 6.37. The van der Waals surface area contributed by atoms with E-state index in [0.717, 1.165) is 0 Å². The first-order chi connectivity index (χ1) is 10.0. The molecule has 21 heavy (non-hydrogen) atoms. The Morgan fingerprint density at radius 3 is 2.33 bits per heavy atom. The number of benzene rings is 2. The maximum Gasteiger partial charge on any atom is 0.338 e. The highest BCUT2D eigenvalue weighted by atomic mass is 16.4. The molecule has 5 nitrogen and oxygen atoms in total. The lowest BCUT2D eigenvalue weighted by atomic mass is 10.1. The Labute approximate surface area is 121 Å². The van der Waals surface area contributed by atoms with Gasteiger partial charge in [-0.25, -0.2) is 4.79 Å². The summed E-state index contributed by atoms with van der Waals surface area (Å²) in [6.07, 6.45) is 0. The topological polar surface area (TPSA) is 86.6 Å². The lowest BCUT2D eigenvalue weighted by molar-refractivity contribution is 0.0697. The van der Waals surface area contributed by atoms with Gasteiger partial charge in [0.2, 0.25) is 0 Å². The van der Waals surface area contributed by atoms with E-state index in [4.69, 9.17) is 5.11 Å². The van der Waals surface area contributed by atoms with E-state index in [-0.39, 0.29) is 17.9 Å². The van der Waals surface area contributed by atoms with Crippen molar-refractivity contribution in [2.24, 2.45) is 0 Å². The van der Waals surface area contributed by atoms with E-state index in [2.05, 4.69) is 5.32 Å². The first kappa shape index (κ1) is 14.7. The molecule has 0 aliphatic heterocycles. The van der Waals surface area contributed by atoms with Crippen molar-refractivity contribution < 1.29 is 19.8 Å². The number of carbonyl (C=O) groups is 2. The van der Waals surface area contributed by atoms with E-state index < -0.39 is 11.9 Å². The van der Waals surface area contributed by atoms with Crippen LogP contribution in [0.4, 0.5) is 5.69 Å². The Morgan fingerprint density at radius 1 is 1.10 bits per heavy atom. The maximum atomic E-state index is 12.1. The molecule has 2 aromatic carbocycles. The Bertz CT molecular complexity index is 677. The molecule has 5 heteroatoms. The van der Waals surface area contributed by atoms with E-state index in [0.29, 0.717) is 16.7 Å². The highest BCUT2D eigenvalue weighted by Crippen LogP contribution is 2.20. The van der Waals surface area contributed by atoms with Gasteiger partial charge in [0.1, 0.15) is 0 Å². The molecule has 2 rings (SSSR count). The molecule has 0 aliphatic rings. The van der Waals surface area contributed by atoms with Gasteiger partial charge in [0.15, 0.2) is 0 Å². The average molecular weight is 285 g/mol. The molecule has 0 aromatic heterocycles. The van der Waals surface area contributed by atoms with Crippen LogP contribution >= 0.6 is 0 Å². The third-order valence-corrected chi connectivity index (χ3v) is 3.13. The highest BCUT2D eigenvalue weighted by Gasteiger charge is 2.15. The van der Waals surface area contributed by atoms with Gasteiger partial charge in [-0.2, -0.15) is 0 Å². The molecule has 108 valence electrons. The van der Waals surface area contributed by atoms with Crippen LogP contribution in [-0.2, 0) is 6.61 Å². The SMILES string of the molecule is Cc1cccc(NC(=O)c2ccc(CO)cc2)c1C(=O)O. The number of anilines is 1. The molecule has 0 saturated heterocycles. The summed E-state index contributed by atoms with van der Waals surface area (Å²) in [5, 5.41) is 20.8. The minimum absolute atomic E-state index is 0.0813. The van der Waals surface area contributed by atoms with Crippen LogP contribution in [0.1, 0.15) is 31.8 Å². The van der Waals surface area contributed by atoms with E-state index in [9.17, 15) is 14.7 Å². The number of hydrogen-bond donors (Lipinski definition) is 3. The van der Waals surface area contributed by atoms with Crippen LogP contribution in [0, 0.1) is 6.92 Å². The number of aliphatic hydroxyl groups excluding tert-OH is 1. The quantitative estimate of drug-likeness (QED) is 0.805. The summed E-state index contributed by atoms with van der Waals surface area (Å²) in [6, 6.07) is 11.4. The van der Waals surface area contributed by atoms with Crippen LogP contribution in [0.15, 0.2) is 42.5 Å². The lowest BCUT2D eigenvalue weighted by Gasteiger charge is -2.10. The zero-order valence-electron chi connectivity index (χ0n) is 11.5. The summed E-state index contributed by atoms with van der Waals surface area (Å²) in [4.78, 5) is 23.4. The number of aryl methyl sites for hydroxylation is 1. The van der Waals surface area contributed by atoms with Gasteiger partial charge in [-0.05, 0) is 36.2 Å². The molecule has 0 heterocycles. The fraction of sp³-hybridized carbons (Fsp3) is 0.125. The van der Waals surface area contributed by atoms with Gasteiger partial charge in [-0.1, -0.05) is 24.3 Å². The zero-order valence-corrected chi connectivity index (χ0v) is 11.5. The molecule has 0 atom stereocenters. The predicted octanol–water partition coefficient (Wildman–Crippen LogP) is 2.44. The molecular formula is C16H15NO4. The maximum absolute atomic E-state index is 12.1. The normalized spacial score (nSPS) is 10.2. The Hall–Kier alpha value is -2.66. The zero-order chi connectivity index (χ0) is 15.4. The van der Waals surface area contributed by atoms with Crippen molar-refractivity contribution in [3.8, 4) is 0 Å². The number of carboxylic acid groups (broad SMARTS) is 1. The number of aromatic carboxylic acids is 1. The smallest absolute Gasteiger partial charge is 0.338 e. The minimum Gasteiger partial charge on any atom is -0.478 e. The molecule has 0 radical (unpaired) electrons. The summed E-state index contributed by atoms with van der Waals surface area (Å²) in [5.74, 6) is -1.48. The second-order valence-corrected chi connectivity index (χ2v) is 4.61. The number of aliphatic hydroxyl groups is 1. The van der Waals surface area contributed by atoms with Gasteiger partial charge in [-0.15, -0.1) is 0 Å². The average Bonchev–Trinajstić information content (AvgIpc) is 2.47. The largest absolute Gasteiger partial charge is 0.478 e. The number of carboxylic acids is 1. The lowest BCUT2D eigenvalue weighted by Crippen LogP contribution is -2.15.